The van der Waals surface area contributed by atoms with Crippen molar-refractivity contribution in [1.29, 1.82) is 0 Å². The number of hydrogen-bond acceptors (Lipinski definition) is 5. The van der Waals surface area contributed by atoms with Crippen LogP contribution >= 0.6 is 24.0 Å². The van der Waals surface area contributed by atoms with Gasteiger partial charge in [0.1, 0.15) is 11.5 Å². The third-order valence-corrected chi connectivity index (χ3v) is 4.53. The van der Waals surface area contributed by atoms with Crippen LogP contribution < -0.4 is 25.8 Å². The number of aliphatic imine (C=N–C) groups is 1. The molecule has 2 rings (SSSR count). The molecule has 1 heterocycles. The quantitative estimate of drug-likeness (QED) is 0.188. The van der Waals surface area contributed by atoms with Crippen LogP contribution in [0, 0.1) is 0 Å². The average Bonchev–Trinajstić information content (AvgIpc) is 2.69. The predicted octanol–water partition coefficient (Wildman–Crippen LogP) is 1.59. The number of ether oxygens (including phenoxy) is 2. The molecule has 29 heavy (non-hydrogen) atoms. The van der Waals surface area contributed by atoms with Crippen LogP contribution in [0.15, 0.2) is 29.3 Å². The number of likely N-dealkylation sites (tertiary alicyclic amines) is 1. The normalized spacial score (nSPS) is 15.3. The first kappa shape index (κ1) is 25.3. The van der Waals surface area contributed by atoms with E-state index < -0.39 is 0 Å². The summed E-state index contributed by atoms with van der Waals surface area (Å²) in [6, 6.07) is 7.95. The Labute approximate surface area is 190 Å². The zero-order chi connectivity index (χ0) is 20.2. The van der Waals surface area contributed by atoms with Crippen LogP contribution in [0.3, 0.4) is 0 Å². The van der Waals surface area contributed by atoms with Crippen LogP contribution in [0.4, 0.5) is 0 Å². The number of primary amides is 1. The maximum absolute atomic E-state index is 11.0. The fourth-order valence-corrected chi connectivity index (χ4v) is 3.11. The van der Waals surface area contributed by atoms with E-state index in [1.54, 1.807) is 7.11 Å². The summed E-state index contributed by atoms with van der Waals surface area (Å²) in [5.74, 6) is 2.15. The third-order valence-electron chi connectivity index (χ3n) is 4.53. The Morgan fingerprint density at radius 2 is 2.03 bits per heavy atom. The van der Waals surface area contributed by atoms with Crippen molar-refractivity contribution in [2.45, 2.75) is 32.2 Å². The number of amides is 1. The van der Waals surface area contributed by atoms with Gasteiger partial charge in [-0.3, -0.25) is 14.7 Å². The molecule has 0 bridgehead atoms. The maximum Gasteiger partial charge on any atom is 0.231 e. The summed E-state index contributed by atoms with van der Waals surface area (Å²) in [6.07, 6.45) is 2.76. The highest BCUT2D eigenvalue weighted by Crippen LogP contribution is 2.18. The molecule has 164 valence electrons. The zero-order valence-corrected chi connectivity index (χ0v) is 19.7. The molecule has 0 aliphatic carbocycles. The molecular formula is C20H34IN5O3. The van der Waals surface area contributed by atoms with E-state index in [1.165, 1.54) is 0 Å². The van der Waals surface area contributed by atoms with Crippen molar-refractivity contribution >= 4 is 35.8 Å². The number of nitrogens with one attached hydrogen (secondary N) is 2. The van der Waals surface area contributed by atoms with Crippen molar-refractivity contribution in [1.82, 2.24) is 15.5 Å². The van der Waals surface area contributed by atoms with E-state index in [4.69, 9.17) is 15.2 Å². The van der Waals surface area contributed by atoms with E-state index in [0.717, 1.165) is 56.4 Å². The lowest BCUT2D eigenvalue weighted by molar-refractivity contribution is -0.119. The number of benzene rings is 1. The van der Waals surface area contributed by atoms with Gasteiger partial charge >= 0.3 is 0 Å². The molecule has 9 heteroatoms. The number of nitrogens with two attached hydrogens (primary N) is 1. The van der Waals surface area contributed by atoms with Crippen LogP contribution in [0.25, 0.3) is 0 Å². The van der Waals surface area contributed by atoms with Gasteiger partial charge in [-0.1, -0.05) is 6.07 Å². The van der Waals surface area contributed by atoms with Gasteiger partial charge in [0.25, 0.3) is 0 Å². The topological polar surface area (TPSA) is 101 Å². The SMILES string of the molecule is CCNC(=NCCCOc1cccc(OC)c1)NC1CCN(CC(N)=O)CC1.I. The van der Waals surface area contributed by atoms with Crippen molar-refractivity contribution in [3.63, 3.8) is 0 Å². The molecule has 0 aromatic heterocycles. The maximum atomic E-state index is 11.0. The molecule has 0 unspecified atom stereocenters. The van der Waals surface area contributed by atoms with Crippen LogP contribution in [-0.2, 0) is 4.79 Å². The Kier molecular flexibility index (Phi) is 12.4. The van der Waals surface area contributed by atoms with Crippen molar-refractivity contribution in [2.75, 3.05) is 46.4 Å². The Balaban J connectivity index is 0.00000420. The summed E-state index contributed by atoms with van der Waals surface area (Å²) in [7, 11) is 1.64. The van der Waals surface area contributed by atoms with Crippen molar-refractivity contribution in [2.24, 2.45) is 10.7 Å². The smallest absolute Gasteiger partial charge is 0.231 e. The monoisotopic (exact) mass is 519 g/mol. The molecule has 1 aromatic carbocycles. The summed E-state index contributed by atoms with van der Waals surface area (Å²) < 4.78 is 10.9. The Bertz CT molecular complexity index is 636. The lowest BCUT2D eigenvalue weighted by atomic mass is 10.1. The fraction of sp³-hybridized carbons (Fsp3) is 0.600. The lowest BCUT2D eigenvalue weighted by Gasteiger charge is -2.32. The number of carbonyl (C=O) groups excluding carboxylic acids is 1. The lowest BCUT2D eigenvalue weighted by Crippen LogP contribution is -2.49. The molecule has 1 amide bonds. The summed E-state index contributed by atoms with van der Waals surface area (Å²) in [5.41, 5.74) is 5.27. The first-order valence-corrected chi connectivity index (χ1v) is 9.93. The Morgan fingerprint density at radius 1 is 1.31 bits per heavy atom. The minimum absolute atomic E-state index is 0. The van der Waals surface area contributed by atoms with Gasteiger partial charge in [-0.15, -0.1) is 24.0 Å². The second kappa shape index (κ2) is 14.3. The molecule has 0 radical (unpaired) electrons. The number of hydrogen-bond donors (Lipinski definition) is 3. The number of rotatable bonds is 10. The van der Waals surface area contributed by atoms with Gasteiger partial charge in [-0.05, 0) is 31.9 Å². The van der Waals surface area contributed by atoms with E-state index in [2.05, 4.69) is 27.4 Å². The molecular weight excluding hydrogens is 485 g/mol. The summed E-state index contributed by atoms with van der Waals surface area (Å²) in [4.78, 5) is 17.8. The summed E-state index contributed by atoms with van der Waals surface area (Å²) in [5, 5.41) is 6.78. The predicted molar refractivity (Wildman–Crippen MR) is 126 cm³/mol. The van der Waals surface area contributed by atoms with Gasteiger partial charge in [0.15, 0.2) is 5.96 Å². The zero-order valence-electron chi connectivity index (χ0n) is 17.4. The molecule has 8 nitrogen and oxygen atoms in total. The van der Waals surface area contributed by atoms with Crippen molar-refractivity contribution < 1.29 is 14.3 Å². The number of guanidine groups is 1. The molecule has 1 saturated heterocycles. The van der Waals surface area contributed by atoms with Crippen LogP contribution in [0.5, 0.6) is 11.5 Å². The first-order valence-electron chi connectivity index (χ1n) is 9.93. The van der Waals surface area contributed by atoms with E-state index in [9.17, 15) is 4.79 Å². The standard InChI is InChI=1S/C20H33N5O3.HI/c1-3-22-20(24-16-8-11-25(12-9-16)15-19(21)26)23-10-5-13-28-18-7-4-6-17(14-18)27-2;/h4,6-7,14,16H,3,5,8-13,15H2,1-2H3,(H2,21,26)(H2,22,23,24);1H. The van der Waals surface area contributed by atoms with Crippen LogP contribution in [0.1, 0.15) is 26.2 Å². The molecule has 0 spiro atoms. The third kappa shape index (κ3) is 10.0. The van der Waals surface area contributed by atoms with Crippen LogP contribution in [0.2, 0.25) is 0 Å². The first-order chi connectivity index (χ1) is 13.6. The molecule has 1 aromatic rings. The number of nitrogens with zero attached hydrogens (tertiary/aromatic N) is 2. The largest absolute Gasteiger partial charge is 0.497 e. The summed E-state index contributed by atoms with van der Waals surface area (Å²) in [6.45, 7) is 6.23. The fourth-order valence-electron chi connectivity index (χ4n) is 3.11. The second-order valence-electron chi connectivity index (χ2n) is 6.80. The molecule has 1 aliphatic heterocycles. The van der Waals surface area contributed by atoms with Crippen LogP contribution in [-0.4, -0.2) is 69.2 Å². The number of halogens is 1. The number of piperidine rings is 1. The second-order valence-corrected chi connectivity index (χ2v) is 6.80. The minimum Gasteiger partial charge on any atom is -0.497 e. The van der Waals surface area contributed by atoms with E-state index in [1.807, 2.05) is 24.3 Å². The number of carbonyl (C=O) groups is 1. The highest BCUT2D eigenvalue weighted by molar-refractivity contribution is 14.0. The van der Waals surface area contributed by atoms with E-state index in [-0.39, 0.29) is 29.9 Å². The van der Waals surface area contributed by atoms with Crippen molar-refractivity contribution in [3.05, 3.63) is 24.3 Å². The number of methoxy groups -OCH3 is 1. The molecule has 0 saturated carbocycles. The molecule has 4 N–H and O–H groups in total. The van der Waals surface area contributed by atoms with Gasteiger partial charge < -0.3 is 25.8 Å². The van der Waals surface area contributed by atoms with Gasteiger partial charge in [0.05, 0.1) is 20.3 Å². The molecule has 1 aliphatic rings. The molecule has 1 fully saturated rings. The van der Waals surface area contributed by atoms with Crippen molar-refractivity contribution in [3.8, 4) is 11.5 Å². The minimum atomic E-state index is -0.266. The summed E-state index contributed by atoms with van der Waals surface area (Å²) >= 11 is 0. The van der Waals surface area contributed by atoms with Gasteiger partial charge in [-0.25, -0.2) is 0 Å². The van der Waals surface area contributed by atoms with Gasteiger partial charge in [0, 0.05) is 44.7 Å². The van der Waals surface area contributed by atoms with Gasteiger partial charge in [-0.2, -0.15) is 0 Å². The highest BCUT2D eigenvalue weighted by atomic mass is 127. The average molecular weight is 519 g/mol. The van der Waals surface area contributed by atoms with E-state index >= 15 is 0 Å². The van der Waals surface area contributed by atoms with Gasteiger partial charge in [0.2, 0.25) is 5.91 Å². The Morgan fingerprint density at radius 3 is 2.69 bits per heavy atom. The highest BCUT2D eigenvalue weighted by Gasteiger charge is 2.20. The Hall–Kier alpha value is -1.75. The molecule has 0 atom stereocenters. The van der Waals surface area contributed by atoms with E-state index in [0.29, 0.717) is 25.7 Å².